The van der Waals surface area contributed by atoms with Crippen molar-refractivity contribution in [2.75, 3.05) is 18.5 Å². The van der Waals surface area contributed by atoms with Crippen LogP contribution in [0.15, 0.2) is 16.9 Å². The zero-order valence-electron chi connectivity index (χ0n) is 17.3. The van der Waals surface area contributed by atoms with Gasteiger partial charge in [-0.05, 0) is 33.3 Å². The molecule has 0 fully saturated rings. The summed E-state index contributed by atoms with van der Waals surface area (Å²) in [6.45, 7) is 5.81. The first-order valence-electron chi connectivity index (χ1n) is 9.24. The van der Waals surface area contributed by atoms with Crippen molar-refractivity contribution in [1.29, 1.82) is 0 Å². The van der Waals surface area contributed by atoms with Crippen LogP contribution in [0, 0.1) is 24.0 Å². The largest absolute Gasteiger partial charge is 0.462 e. The quantitative estimate of drug-likeness (QED) is 0.366. The van der Waals surface area contributed by atoms with Crippen LogP contribution in [0.25, 0.3) is 0 Å². The maximum atomic E-state index is 12.6. The van der Waals surface area contributed by atoms with Gasteiger partial charge in [0.05, 0.1) is 29.4 Å². The van der Waals surface area contributed by atoms with Crippen LogP contribution in [0.5, 0.6) is 0 Å². The lowest BCUT2D eigenvalue weighted by Crippen LogP contribution is -2.29. The molecular weight excluding hydrogens is 430 g/mol. The average molecular weight is 451 g/mol. The Kier molecular flexibility index (Phi) is 7.64. The molecule has 31 heavy (non-hydrogen) atoms. The van der Waals surface area contributed by atoms with Crippen LogP contribution < -0.4 is 10.9 Å². The highest BCUT2D eigenvalue weighted by Gasteiger charge is 2.27. The highest BCUT2D eigenvalue weighted by atomic mass is 32.1. The lowest BCUT2D eigenvalue weighted by atomic mass is 10.1. The van der Waals surface area contributed by atoms with E-state index in [1.54, 1.807) is 13.8 Å². The molecule has 0 aliphatic heterocycles. The fourth-order valence-corrected chi connectivity index (χ4v) is 3.91. The van der Waals surface area contributed by atoms with E-state index in [1.165, 1.54) is 13.8 Å². The van der Waals surface area contributed by atoms with Gasteiger partial charge in [0.2, 0.25) is 5.91 Å². The second-order valence-corrected chi connectivity index (χ2v) is 7.26. The van der Waals surface area contributed by atoms with Gasteiger partial charge in [-0.1, -0.05) is 0 Å². The molecule has 12 heteroatoms. The second kappa shape index (κ2) is 9.98. The summed E-state index contributed by atoms with van der Waals surface area (Å²) >= 11 is 0.841. The molecule has 0 saturated heterocycles. The minimum atomic E-state index is -0.731. The number of pyridine rings is 1. The maximum absolute atomic E-state index is 12.6. The topological polar surface area (TPSA) is 147 Å². The van der Waals surface area contributed by atoms with E-state index >= 15 is 0 Å². The van der Waals surface area contributed by atoms with Crippen molar-refractivity contribution in [2.45, 2.75) is 34.2 Å². The van der Waals surface area contributed by atoms with Gasteiger partial charge >= 0.3 is 11.9 Å². The SMILES string of the molecule is CCOC(=O)c1sc(NC(=O)Cn2c(C)c([N+](=O)[O-])ccc2=O)c(C(=O)OCC)c1C. The molecule has 0 aliphatic carbocycles. The molecule has 166 valence electrons. The molecule has 1 N–H and O–H groups in total. The number of amides is 1. The van der Waals surface area contributed by atoms with Crippen LogP contribution in [-0.2, 0) is 20.8 Å². The first-order chi connectivity index (χ1) is 14.6. The summed E-state index contributed by atoms with van der Waals surface area (Å²) in [7, 11) is 0. The van der Waals surface area contributed by atoms with E-state index in [-0.39, 0.29) is 40.0 Å². The minimum Gasteiger partial charge on any atom is -0.462 e. The number of hydrogen-bond acceptors (Lipinski definition) is 9. The van der Waals surface area contributed by atoms with Crippen LogP contribution in [0.4, 0.5) is 10.7 Å². The molecule has 0 radical (unpaired) electrons. The van der Waals surface area contributed by atoms with Gasteiger partial charge in [-0.25, -0.2) is 9.59 Å². The monoisotopic (exact) mass is 451 g/mol. The lowest BCUT2D eigenvalue weighted by molar-refractivity contribution is -0.386. The number of hydrogen-bond donors (Lipinski definition) is 1. The maximum Gasteiger partial charge on any atom is 0.348 e. The molecule has 2 rings (SSSR count). The number of carbonyl (C=O) groups excluding carboxylic acids is 3. The molecule has 0 spiro atoms. The molecule has 11 nitrogen and oxygen atoms in total. The molecular formula is C19H21N3O8S. The summed E-state index contributed by atoms with van der Waals surface area (Å²) in [4.78, 5) is 59.9. The van der Waals surface area contributed by atoms with E-state index in [9.17, 15) is 29.3 Å². The van der Waals surface area contributed by atoms with E-state index in [1.807, 2.05) is 0 Å². The number of anilines is 1. The second-order valence-electron chi connectivity index (χ2n) is 6.23. The Hall–Kier alpha value is -3.54. The van der Waals surface area contributed by atoms with Gasteiger partial charge in [-0.2, -0.15) is 0 Å². The standard InChI is InChI=1S/C19H21N3O8S/c1-5-29-18(25)15-10(3)16(19(26)30-6-2)31-17(15)20-13(23)9-21-11(4)12(22(27)28)7-8-14(21)24/h7-8H,5-6,9H2,1-4H3,(H,20,23). The Labute approximate surface area is 180 Å². The smallest absolute Gasteiger partial charge is 0.348 e. The van der Waals surface area contributed by atoms with E-state index in [2.05, 4.69) is 5.32 Å². The molecule has 0 bridgehead atoms. The number of nitrogens with one attached hydrogen (secondary N) is 1. The van der Waals surface area contributed by atoms with Crippen molar-refractivity contribution in [3.63, 3.8) is 0 Å². The van der Waals surface area contributed by atoms with E-state index in [0.29, 0.717) is 5.56 Å². The first kappa shape index (κ1) is 23.7. The van der Waals surface area contributed by atoms with Crippen molar-refractivity contribution in [2.24, 2.45) is 0 Å². The first-order valence-corrected chi connectivity index (χ1v) is 10.1. The van der Waals surface area contributed by atoms with Crippen LogP contribution in [-0.4, -0.2) is 40.5 Å². The molecule has 0 atom stereocenters. The van der Waals surface area contributed by atoms with Gasteiger partial charge in [0.15, 0.2) is 0 Å². The zero-order chi connectivity index (χ0) is 23.3. The summed E-state index contributed by atoms with van der Waals surface area (Å²) in [6, 6.07) is 2.07. The van der Waals surface area contributed by atoms with Crippen molar-refractivity contribution in [3.05, 3.63) is 54.3 Å². The molecule has 0 unspecified atom stereocenters. The summed E-state index contributed by atoms with van der Waals surface area (Å²) in [5.41, 5.74) is -0.602. The van der Waals surface area contributed by atoms with Gasteiger partial charge in [0, 0.05) is 12.1 Å². The van der Waals surface area contributed by atoms with Crippen molar-refractivity contribution >= 4 is 39.9 Å². The molecule has 0 saturated carbocycles. The van der Waals surface area contributed by atoms with Crippen LogP contribution in [0.3, 0.4) is 0 Å². The summed E-state index contributed by atoms with van der Waals surface area (Å²) in [5, 5.41) is 13.7. The third kappa shape index (κ3) is 5.15. The predicted octanol–water partition coefficient (Wildman–Crippen LogP) is 2.43. The van der Waals surface area contributed by atoms with Gasteiger partial charge < -0.3 is 14.8 Å². The number of rotatable bonds is 8. The Morgan fingerprint density at radius 2 is 1.74 bits per heavy atom. The van der Waals surface area contributed by atoms with Gasteiger partial charge in [0.1, 0.15) is 16.4 Å². The van der Waals surface area contributed by atoms with E-state index in [4.69, 9.17) is 9.47 Å². The normalized spacial score (nSPS) is 10.5. The van der Waals surface area contributed by atoms with Crippen LogP contribution in [0.2, 0.25) is 0 Å². The molecule has 2 aromatic heterocycles. The van der Waals surface area contributed by atoms with Crippen LogP contribution >= 0.6 is 11.3 Å². The van der Waals surface area contributed by atoms with Crippen molar-refractivity contribution in [3.8, 4) is 0 Å². The fourth-order valence-electron chi connectivity index (χ4n) is 2.81. The summed E-state index contributed by atoms with van der Waals surface area (Å²) in [5.74, 6) is -2.10. The third-order valence-electron chi connectivity index (χ3n) is 4.26. The Balaban J connectivity index is 2.41. The minimum absolute atomic E-state index is 0.00589. The Morgan fingerprint density at radius 1 is 1.13 bits per heavy atom. The van der Waals surface area contributed by atoms with Crippen molar-refractivity contribution in [1.82, 2.24) is 4.57 Å². The number of nitro groups is 1. The molecule has 0 aromatic carbocycles. The zero-order valence-corrected chi connectivity index (χ0v) is 18.2. The van der Waals surface area contributed by atoms with E-state index < -0.39 is 34.9 Å². The van der Waals surface area contributed by atoms with Gasteiger partial charge in [0.25, 0.3) is 11.2 Å². The highest BCUT2D eigenvalue weighted by molar-refractivity contribution is 7.18. The molecule has 0 aliphatic rings. The third-order valence-corrected chi connectivity index (χ3v) is 5.45. The summed E-state index contributed by atoms with van der Waals surface area (Å²) < 4.78 is 10.9. The number of thiophene rings is 1. The lowest BCUT2D eigenvalue weighted by Gasteiger charge is -2.10. The Bertz CT molecular complexity index is 1100. The number of ether oxygens (including phenoxy) is 2. The van der Waals surface area contributed by atoms with Gasteiger partial charge in [-0.3, -0.25) is 24.3 Å². The number of esters is 2. The van der Waals surface area contributed by atoms with Crippen LogP contribution in [0.1, 0.15) is 45.1 Å². The number of nitrogens with zero attached hydrogens (tertiary/aromatic N) is 2. The highest BCUT2D eigenvalue weighted by Crippen LogP contribution is 2.34. The summed E-state index contributed by atoms with van der Waals surface area (Å²) in [6.07, 6.45) is 0. The van der Waals surface area contributed by atoms with Crippen molar-refractivity contribution < 1.29 is 28.8 Å². The van der Waals surface area contributed by atoms with Gasteiger partial charge in [-0.15, -0.1) is 11.3 Å². The molecule has 2 heterocycles. The number of carbonyl (C=O) groups is 3. The fraction of sp³-hybridized carbons (Fsp3) is 0.368. The number of aromatic nitrogens is 1. The average Bonchev–Trinajstić information content (AvgIpc) is 3.01. The van der Waals surface area contributed by atoms with E-state index in [0.717, 1.165) is 28.0 Å². The molecule has 2 aromatic rings. The Morgan fingerprint density at radius 3 is 2.32 bits per heavy atom. The molecule has 1 amide bonds. The predicted molar refractivity (Wildman–Crippen MR) is 112 cm³/mol.